The lowest BCUT2D eigenvalue weighted by Gasteiger charge is -2.25. The van der Waals surface area contributed by atoms with Crippen LogP contribution in [0.15, 0.2) is 0 Å². The molecule has 0 aromatic heterocycles. The largest absolute Gasteiger partial charge is 0.481 e. The molecule has 0 spiro atoms. The van der Waals surface area contributed by atoms with Crippen molar-refractivity contribution < 1.29 is 18.3 Å². The SMILES string of the molecule is CCCCN(C)S(=O)(=O)NCCC(C)(C)CCC(=O)O. The Bertz CT molecular complexity index is 393. The number of nitrogens with zero attached hydrogens (tertiary/aromatic N) is 1. The molecule has 0 aliphatic rings. The van der Waals surface area contributed by atoms with Crippen molar-refractivity contribution in [3.63, 3.8) is 0 Å². The van der Waals surface area contributed by atoms with Gasteiger partial charge in [0.1, 0.15) is 0 Å². The van der Waals surface area contributed by atoms with Gasteiger partial charge in [-0.15, -0.1) is 0 Å². The molecule has 6 nitrogen and oxygen atoms in total. The fourth-order valence-corrected chi connectivity index (χ4v) is 2.65. The first-order chi connectivity index (χ1) is 9.10. The summed E-state index contributed by atoms with van der Waals surface area (Å²) >= 11 is 0. The minimum absolute atomic E-state index is 0.107. The topological polar surface area (TPSA) is 86.7 Å². The maximum Gasteiger partial charge on any atom is 0.303 e. The Balaban J connectivity index is 4.17. The minimum atomic E-state index is -3.42. The zero-order valence-corrected chi connectivity index (χ0v) is 13.8. The highest BCUT2D eigenvalue weighted by Gasteiger charge is 2.21. The highest BCUT2D eigenvalue weighted by molar-refractivity contribution is 7.87. The lowest BCUT2D eigenvalue weighted by molar-refractivity contribution is -0.137. The number of unbranched alkanes of at least 4 members (excludes halogenated alkanes) is 1. The van der Waals surface area contributed by atoms with Gasteiger partial charge >= 0.3 is 5.97 Å². The predicted molar refractivity (Wildman–Crippen MR) is 79.7 cm³/mol. The summed E-state index contributed by atoms with van der Waals surface area (Å²) in [6.45, 7) is 6.74. The third-order valence-electron chi connectivity index (χ3n) is 3.34. The van der Waals surface area contributed by atoms with Crippen LogP contribution < -0.4 is 4.72 Å². The van der Waals surface area contributed by atoms with Gasteiger partial charge in [-0.25, -0.2) is 4.72 Å². The molecule has 0 aromatic carbocycles. The first kappa shape index (κ1) is 19.3. The van der Waals surface area contributed by atoms with Gasteiger partial charge in [-0.1, -0.05) is 27.2 Å². The highest BCUT2D eigenvalue weighted by Crippen LogP contribution is 2.26. The normalized spacial score (nSPS) is 12.8. The van der Waals surface area contributed by atoms with Gasteiger partial charge in [0.25, 0.3) is 10.2 Å². The number of carbonyl (C=O) groups is 1. The predicted octanol–water partition coefficient (Wildman–Crippen LogP) is 1.83. The standard InChI is InChI=1S/C13H28N2O4S/c1-5-6-11-15(4)20(18,19)14-10-9-13(2,3)8-7-12(16)17/h14H,5-11H2,1-4H3,(H,16,17). The van der Waals surface area contributed by atoms with E-state index in [0.717, 1.165) is 12.8 Å². The summed E-state index contributed by atoms with van der Waals surface area (Å²) in [7, 11) is -1.86. The summed E-state index contributed by atoms with van der Waals surface area (Å²) in [5, 5.41) is 8.67. The van der Waals surface area contributed by atoms with E-state index >= 15 is 0 Å². The molecule has 0 aliphatic heterocycles. The first-order valence-corrected chi connectivity index (χ1v) is 8.47. The van der Waals surface area contributed by atoms with Crippen molar-refractivity contribution in [2.24, 2.45) is 5.41 Å². The molecule has 2 N–H and O–H groups in total. The molecule has 120 valence electrons. The molecule has 0 amide bonds. The molecule has 0 saturated carbocycles. The van der Waals surface area contributed by atoms with E-state index in [-0.39, 0.29) is 11.8 Å². The van der Waals surface area contributed by atoms with E-state index in [1.807, 2.05) is 20.8 Å². The molecular formula is C13H28N2O4S. The van der Waals surface area contributed by atoms with Gasteiger partial charge in [-0.05, 0) is 24.7 Å². The van der Waals surface area contributed by atoms with Gasteiger partial charge in [0, 0.05) is 26.6 Å². The average Bonchev–Trinajstić information content (AvgIpc) is 2.33. The number of rotatable bonds is 11. The van der Waals surface area contributed by atoms with Gasteiger partial charge in [-0.3, -0.25) is 4.79 Å². The van der Waals surface area contributed by atoms with E-state index in [4.69, 9.17) is 5.11 Å². The molecule has 0 saturated heterocycles. The Morgan fingerprint density at radius 2 is 1.90 bits per heavy atom. The molecule has 0 fully saturated rings. The molecule has 0 aliphatic carbocycles. The van der Waals surface area contributed by atoms with Crippen LogP contribution in [0.3, 0.4) is 0 Å². The molecule has 0 unspecified atom stereocenters. The molecule has 0 bridgehead atoms. The van der Waals surface area contributed by atoms with E-state index in [1.54, 1.807) is 7.05 Å². The summed E-state index contributed by atoms with van der Waals surface area (Å²) in [5.74, 6) is -0.821. The Labute approximate surface area is 122 Å². The second kappa shape index (κ2) is 8.59. The van der Waals surface area contributed by atoms with E-state index in [1.165, 1.54) is 4.31 Å². The van der Waals surface area contributed by atoms with Crippen LogP contribution in [0.1, 0.15) is 52.9 Å². The molecule has 0 atom stereocenters. The molecule has 0 aromatic rings. The van der Waals surface area contributed by atoms with Gasteiger partial charge in [0.15, 0.2) is 0 Å². The zero-order valence-electron chi connectivity index (χ0n) is 13.0. The molecule has 20 heavy (non-hydrogen) atoms. The number of carboxylic acids is 1. The van der Waals surface area contributed by atoms with Crippen molar-refractivity contribution in [2.75, 3.05) is 20.1 Å². The maximum atomic E-state index is 11.9. The number of hydrogen-bond acceptors (Lipinski definition) is 3. The molecule has 0 radical (unpaired) electrons. The maximum absolute atomic E-state index is 11.9. The molecular weight excluding hydrogens is 280 g/mol. The second-order valence-electron chi connectivity index (χ2n) is 5.88. The minimum Gasteiger partial charge on any atom is -0.481 e. The zero-order chi connectivity index (χ0) is 15.8. The molecule has 0 rings (SSSR count). The van der Waals surface area contributed by atoms with E-state index < -0.39 is 16.2 Å². The summed E-state index contributed by atoms with van der Waals surface area (Å²) in [5.41, 5.74) is -0.192. The summed E-state index contributed by atoms with van der Waals surface area (Å²) in [6.07, 6.45) is 3.04. The fourth-order valence-electron chi connectivity index (χ4n) is 1.70. The Morgan fingerprint density at radius 3 is 2.40 bits per heavy atom. The lowest BCUT2D eigenvalue weighted by Crippen LogP contribution is -2.40. The van der Waals surface area contributed by atoms with Crippen molar-refractivity contribution in [1.29, 1.82) is 0 Å². The summed E-state index contributed by atoms with van der Waals surface area (Å²) in [6, 6.07) is 0. The van der Waals surface area contributed by atoms with Crippen LogP contribution in [0.5, 0.6) is 0 Å². The van der Waals surface area contributed by atoms with Gasteiger partial charge in [0.2, 0.25) is 0 Å². The Kier molecular flexibility index (Phi) is 8.30. The Morgan fingerprint density at radius 1 is 1.30 bits per heavy atom. The van der Waals surface area contributed by atoms with Gasteiger partial charge in [0.05, 0.1) is 0 Å². The van der Waals surface area contributed by atoms with E-state index in [0.29, 0.717) is 25.9 Å². The third-order valence-corrected chi connectivity index (χ3v) is 4.91. The van der Waals surface area contributed by atoms with Gasteiger partial charge in [-0.2, -0.15) is 12.7 Å². The highest BCUT2D eigenvalue weighted by atomic mass is 32.2. The van der Waals surface area contributed by atoms with Crippen LogP contribution in [-0.2, 0) is 15.0 Å². The third kappa shape index (κ3) is 8.50. The molecule has 7 heteroatoms. The number of nitrogens with one attached hydrogen (secondary N) is 1. The van der Waals surface area contributed by atoms with Crippen LogP contribution in [0.4, 0.5) is 0 Å². The number of hydrogen-bond donors (Lipinski definition) is 2. The van der Waals surface area contributed by atoms with Crippen molar-refractivity contribution in [3.05, 3.63) is 0 Å². The van der Waals surface area contributed by atoms with Crippen LogP contribution in [-0.4, -0.2) is 43.9 Å². The van der Waals surface area contributed by atoms with Crippen molar-refractivity contribution >= 4 is 16.2 Å². The summed E-state index contributed by atoms with van der Waals surface area (Å²) < 4.78 is 27.7. The number of aliphatic carboxylic acids is 1. The van der Waals surface area contributed by atoms with Crippen molar-refractivity contribution in [3.8, 4) is 0 Å². The lowest BCUT2D eigenvalue weighted by atomic mass is 9.84. The van der Waals surface area contributed by atoms with Crippen LogP contribution in [0, 0.1) is 5.41 Å². The number of carboxylic acid groups (broad SMARTS) is 1. The van der Waals surface area contributed by atoms with Gasteiger partial charge < -0.3 is 5.11 Å². The van der Waals surface area contributed by atoms with Crippen LogP contribution in [0.25, 0.3) is 0 Å². The second-order valence-corrected chi connectivity index (χ2v) is 7.74. The van der Waals surface area contributed by atoms with Crippen molar-refractivity contribution in [1.82, 2.24) is 9.03 Å². The summed E-state index contributed by atoms with van der Waals surface area (Å²) in [4.78, 5) is 10.6. The average molecular weight is 308 g/mol. The smallest absolute Gasteiger partial charge is 0.303 e. The molecule has 0 heterocycles. The first-order valence-electron chi connectivity index (χ1n) is 7.03. The van der Waals surface area contributed by atoms with Crippen LogP contribution >= 0.6 is 0 Å². The fraction of sp³-hybridized carbons (Fsp3) is 0.923. The quantitative estimate of drug-likeness (QED) is 0.609. The van der Waals surface area contributed by atoms with E-state index in [2.05, 4.69) is 4.72 Å². The Hall–Kier alpha value is -0.660. The van der Waals surface area contributed by atoms with Crippen LogP contribution in [0.2, 0.25) is 0 Å². The van der Waals surface area contributed by atoms with E-state index in [9.17, 15) is 13.2 Å². The monoisotopic (exact) mass is 308 g/mol. The van der Waals surface area contributed by atoms with Crippen molar-refractivity contribution in [2.45, 2.75) is 52.9 Å².